The number of fused-ring (bicyclic) bond motifs is 1. The van der Waals surface area contributed by atoms with Crippen molar-refractivity contribution in [1.82, 2.24) is 8.87 Å². The number of nitrogens with zero attached hydrogens (tertiary/aromatic N) is 2. The summed E-state index contributed by atoms with van der Waals surface area (Å²) in [5.41, 5.74) is 1.24. The molecule has 4 rings (SSSR count). The van der Waals surface area contributed by atoms with Gasteiger partial charge in [0, 0.05) is 32.1 Å². The molecule has 0 bridgehead atoms. The molecular weight excluding hydrogens is 466 g/mol. The van der Waals surface area contributed by atoms with Gasteiger partial charge in [-0.05, 0) is 43.2 Å². The molecular formula is C22H25N3O6S2. The van der Waals surface area contributed by atoms with Gasteiger partial charge in [-0.25, -0.2) is 8.42 Å². The van der Waals surface area contributed by atoms with Crippen LogP contribution in [0.2, 0.25) is 0 Å². The Morgan fingerprint density at radius 1 is 1.09 bits per heavy atom. The first-order valence-electron chi connectivity index (χ1n) is 10.4. The highest BCUT2D eigenvalue weighted by molar-refractivity contribution is 7.89. The molecule has 0 spiro atoms. The number of piperidine rings is 1. The number of ether oxygens (including phenoxy) is 2. The molecule has 0 unspecified atom stereocenters. The lowest BCUT2D eigenvalue weighted by Gasteiger charge is -2.30. The predicted molar refractivity (Wildman–Crippen MR) is 127 cm³/mol. The minimum atomic E-state index is -3.72. The van der Waals surface area contributed by atoms with Crippen molar-refractivity contribution in [3.8, 4) is 11.5 Å². The predicted octanol–water partition coefficient (Wildman–Crippen LogP) is 2.66. The highest BCUT2D eigenvalue weighted by atomic mass is 32.2. The van der Waals surface area contributed by atoms with Crippen LogP contribution in [0.5, 0.6) is 11.5 Å². The minimum absolute atomic E-state index is 0.139. The van der Waals surface area contributed by atoms with E-state index in [1.54, 1.807) is 44.5 Å². The molecule has 11 heteroatoms. The van der Waals surface area contributed by atoms with Crippen molar-refractivity contribution in [2.24, 2.45) is 13.0 Å². The summed E-state index contributed by atoms with van der Waals surface area (Å²) in [6.07, 6.45) is 0.814. The molecule has 1 aliphatic heterocycles. The molecule has 176 valence electrons. The number of aryl methyl sites for hydroxylation is 1. The molecule has 1 fully saturated rings. The maximum absolute atomic E-state index is 13.2. The number of anilines is 1. The number of rotatable bonds is 6. The number of nitrogens with one attached hydrogen (secondary N) is 1. The molecule has 3 aromatic rings. The Morgan fingerprint density at radius 3 is 2.48 bits per heavy atom. The summed E-state index contributed by atoms with van der Waals surface area (Å²) in [5, 5.41) is 2.88. The summed E-state index contributed by atoms with van der Waals surface area (Å²) in [4.78, 5) is 24.7. The second-order valence-corrected chi connectivity index (χ2v) is 10.7. The van der Waals surface area contributed by atoms with E-state index in [0.717, 1.165) is 11.3 Å². The van der Waals surface area contributed by atoms with E-state index in [1.165, 1.54) is 22.0 Å². The Hall–Kier alpha value is -2.89. The molecule has 1 amide bonds. The van der Waals surface area contributed by atoms with Gasteiger partial charge < -0.3 is 19.4 Å². The summed E-state index contributed by atoms with van der Waals surface area (Å²) < 4.78 is 40.3. The van der Waals surface area contributed by atoms with Crippen molar-refractivity contribution in [2.75, 3.05) is 32.6 Å². The van der Waals surface area contributed by atoms with E-state index >= 15 is 0 Å². The molecule has 0 saturated carbocycles. The first kappa shape index (κ1) is 23.3. The van der Waals surface area contributed by atoms with Crippen LogP contribution < -0.4 is 19.7 Å². The average molecular weight is 492 g/mol. The Balaban J connectivity index is 1.44. The number of sulfonamides is 1. The van der Waals surface area contributed by atoms with E-state index in [9.17, 15) is 18.0 Å². The molecule has 1 aromatic heterocycles. The summed E-state index contributed by atoms with van der Waals surface area (Å²) >= 11 is 1.02. The number of methoxy groups -OCH3 is 2. The van der Waals surface area contributed by atoms with Gasteiger partial charge in [0.1, 0.15) is 11.5 Å². The molecule has 1 saturated heterocycles. The molecule has 2 heterocycles. The van der Waals surface area contributed by atoms with Crippen LogP contribution >= 0.6 is 11.3 Å². The van der Waals surface area contributed by atoms with E-state index in [2.05, 4.69) is 5.32 Å². The number of hydrogen-bond donors (Lipinski definition) is 1. The van der Waals surface area contributed by atoms with Crippen molar-refractivity contribution in [3.63, 3.8) is 0 Å². The van der Waals surface area contributed by atoms with Crippen molar-refractivity contribution in [3.05, 3.63) is 46.1 Å². The zero-order valence-electron chi connectivity index (χ0n) is 18.5. The van der Waals surface area contributed by atoms with Gasteiger partial charge >= 0.3 is 4.87 Å². The maximum Gasteiger partial charge on any atom is 0.307 e. The lowest BCUT2D eigenvalue weighted by atomic mass is 9.97. The van der Waals surface area contributed by atoms with E-state index in [-0.39, 0.29) is 34.7 Å². The fourth-order valence-electron chi connectivity index (χ4n) is 3.92. The fourth-order valence-corrected chi connectivity index (χ4v) is 6.41. The van der Waals surface area contributed by atoms with Crippen molar-refractivity contribution in [2.45, 2.75) is 17.7 Å². The van der Waals surface area contributed by atoms with E-state index in [0.29, 0.717) is 40.2 Å². The quantitative estimate of drug-likeness (QED) is 0.568. The monoisotopic (exact) mass is 491 g/mol. The largest absolute Gasteiger partial charge is 0.497 e. The van der Waals surface area contributed by atoms with Crippen molar-refractivity contribution < 1.29 is 22.7 Å². The van der Waals surface area contributed by atoms with Crippen LogP contribution in [0.3, 0.4) is 0 Å². The normalized spacial score (nSPS) is 15.5. The van der Waals surface area contributed by atoms with Crippen LogP contribution in [0.4, 0.5) is 5.69 Å². The number of carbonyl (C=O) groups is 1. The maximum atomic E-state index is 13.2. The van der Waals surface area contributed by atoms with Gasteiger partial charge in [0.25, 0.3) is 0 Å². The lowest BCUT2D eigenvalue weighted by Crippen LogP contribution is -2.41. The number of aromatic nitrogens is 1. The highest BCUT2D eigenvalue weighted by Gasteiger charge is 2.32. The topological polar surface area (TPSA) is 107 Å². The van der Waals surface area contributed by atoms with Gasteiger partial charge in [0.15, 0.2) is 0 Å². The first-order chi connectivity index (χ1) is 15.7. The molecule has 1 aliphatic rings. The minimum Gasteiger partial charge on any atom is -0.497 e. The first-order valence-corrected chi connectivity index (χ1v) is 12.6. The van der Waals surface area contributed by atoms with E-state index in [4.69, 9.17) is 9.47 Å². The van der Waals surface area contributed by atoms with Crippen LogP contribution in [-0.4, -0.2) is 50.5 Å². The van der Waals surface area contributed by atoms with Crippen molar-refractivity contribution in [1.29, 1.82) is 0 Å². The lowest BCUT2D eigenvalue weighted by molar-refractivity contribution is -0.120. The standard InChI is InChI=1S/C22H25N3O6S2/c1-24-18-7-5-16(13-20(18)32-22(24)27)33(28,29)25-10-8-14(9-11-25)21(26)23-17-6-4-15(30-2)12-19(17)31-3/h4-7,12-14H,8-11H2,1-3H3,(H,23,26). The Labute approximate surface area is 195 Å². The molecule has 1 N–H and O–H groups in total. The molecule has 33 heavy (non-hydrogen) atoms. The number of hydrogen-bond acceptors (Lipinski definition) is 7. The molecule has 2 aromatic carbocycles. The number of thiazole rings is 1. The Kier molecular flexibility index (Phi) is 6.46. The second kappa shape index (κ2) is 9.16. The van der Waals surface area contributed by atoms with E-state index < -0.39 is 10.0 Å². The zero-order chi connectivity index (χ0) is 23.8. The van der Waals surface area contributed by atoms with Gasteiger partial charge in [0.05, 0.1) is 35.0 Å². The molecule has 0 aliphatic carbocycles. The third-order valence-electron chi connectivity index (χ3n) is 5.89. The fraction of sp³-hybridized carbons (Fsp3) is 0.364. The molecule has 0 atom stereocenters. The van der Waals surface area contributed by atoms with Crippen LogP contribution in [0.1, 0.15) is 12.8 Å². The van der Waals surface area contributed by atoms with Gasteiger partial charge in [-0.15, -0.1) is 0 Å². The summed E-state index contributed by atoms with van der Waals surface area (Å²) in [7, 11) is 1.00. The smallest absolute Gasteiger partial charge is 0.307 e. The summed E-state index contributed by atoms with van der Waals surface area (Å²) in [6, 6.07) is 9.86. The van der Waals surface area contributed by atoms with Gasteiger partial charge in [-0.2, -0.15) is 4.31 Å². The third kappa shape index (κ3) is 4.48. The van der Waals surface area contributed by atoms with E-state index in [1.807, 2.05) is 0 Å². The Morgan fingerprint density at radius 2 is 1.82 bits per heavy atom. The highest BCUT2D eigenvalue weighted by Crippen LogP contribution is 2.31. The number of amides is 1. The number of carbonyl (C=O) groups excluding carboxylic acids is 1. The third-order valence-corrected chi connectivity index (χ3v) is 8.78. The number of benzene rings is 2. The average Bonchev–Trinajstić information content (AvgIpc) is 3.12. The van der Waals surface area contributed by atoms with Crippen molar-refractivity contribution >= 4 is 43.2 Å². The van der Waals surface area contributed by atoms with Crippen LogP contribution in [0.25, 0.3) is 10.2 Å². The zero-order valence-corrected chi connectivity index (χ0v) is 20.2. The van der Waals surface area contributed by atoms with Crippen LogP contribution in [0, 0.1) is 5.92 Å². The van der Waals surface area contributed by atoms with Gasteiger partial charge in [-0.1, -0.05) is 11.3 Å². The molecule has 0 radical (unpaired) electrons. The van der Waals surface area contributed by atoms with Crippen LogP contribution in [0.15, 0.2) is 46.1 Å². The van der Waals surface area contributed by atoms with Gasteiger partial charge in [-0.3, -0.25) is 9.59 Å². The molecule has 9 nitrogen and oxygen atoms in total. The SMILES string of the molecule is COc1ccc(NC(=O)C2CCN(S(=O)(=O)c3ccc4c(c3)sc(=O)n4C)CC2)c(OC)c1. The van der Waals surface area contributed by atoms with Gasteiger partial charge in [0.2, 0.25) is 15.9 Å². The van der Waals surface area contributed by atoms with Crippen LogP contribution in [-0.2, 0) is 21.9 Å². The summed E-state index contributed by atoms with van der Waals surface area (Å²) in [5.74, 6) is 0.613. The summed E-state index contributed by atoms with van der Waals surface area (Å²) in [6.45, 7) is 0.479. The second-order valence-electron chi connectivity index (χ2n) is 7.79. The Bertz CT molecular complexity index is 1350.